The third kappa shape index (κ3) is 2.34. The zero-order valence-electron chi connectivity index (χ0n) is 8.10. The van der Waals surface area contributed by atoms with Crippen LogP contribution in [0.5, 0.6) is 0 Å². The van der Waals surface area contributed by atoms with Crippen LogP contribution in [0.25, 0.3) is 0 Å². The van der Waals surface area contributed by atoms with Crippen LogP contribution in [0.1, 0.15) is 20.7 Å². The van der Waals surface area contributed by atoms with E-state index in [0.717, 1.165) is 25.3 Å². The van der Waals surface area contributed by atoms with Gasteiger partial charge in [0.15, 0.2) is 0 Å². The number of nitro benzene ring substituents is 1. The Labute approximate surface area is 94.9 Å². The van der Waals surface area contributed by atoms with E-state index in [1.165, 1.54) is 0 Å². The molecule has 0 aromatic heterocycles. The minimum atomic E-state index is -0.879. The molecule has 0 heterocycles. The number of carbonyl (C=O) groups excluding carboxylic acids is 2. The maximum Gasteiger partial charge on any atom is 0.338 e. The number of benzene rings is 1. The fourth-order valence-corrected chi connectivity index (χ4v) is 1.26. The van der Waals surface area contributed by atoms with Gasteiger partial charge < -0.3 is 4.74 Å². The van der Waals surface area contributed by atoms with Gasteiger partial charge in [-0.05, 0) is 17.7 Å². The van der Waals surface area contributed by atoms with Crippen molar-refractivity contribution in [3.63, 3.8) is 0 Å². The third-order valence-corrected chi connectivity index (χ3v) is 2.03. The molecule has 1 aromatic carbocycles. The number of halogens is 1. The highest BCUT2D eigenvalue weighted by molar-refractivity contribution is 6.68. The van der Waals surface area contributed by atoms with E-state index in [1.54, 1.807) is 0 Å². The summed E-state index contributed by atoms with van der Waals surface area (Å²) in [4.78, 5) is 32.0. The van der Waals surface area contributed by atoms with Crippen LogP contribution >= 0.6 is 11.6 Å². The van der Waals surface area contributed by atoms with Crippen LogP contribution in [0.2, 0.25) is 0 Å². The smallest absolute Gasteiger partial charge is 0.338 e. The lowest BCUT2D eigenvalue weighted by Crippen LogP contribution is -2.08. The maximum atomic E-state index is 11.3. The Morgan fingerprint density at radius 3 is 2.44 bits per heavy atom. The van der Waals surface area contributed by atoms with E-state index in [-0.39, 0.29) is 16.8 Å². The van der Waals surface area contributed by atoms with Gasteiger partial charge in [0.1, 0.15) is 0 Å². The minimum absolute atomic E-state index is 0.126. The van der Waals surface area contributed by atoms with Gasteiger partial charge in [-0.15, -0.1) is 0 Å². The molecule has 0 fully saturated rings. The van der Waals surface area contributed by atoms with Gasteiger partial charge in [0.05, 0.1) is 17.6 Å². The molecule has 0 atom stereocenters. The van der Waals surface area contributed by atoms with Crippen molar-refractivity contribution < 1.29 is 19.2 Å². The minimum Gasteiger partial charge on any atom is -0.465 e. The molecule has 0 amide bonds. The monoisotopic (exact) mass is 243 g/mol. The van der Waals surface area contributed by atoms with Crippen LogP contribution in [0.15, 0.2) is 18.2 Å². The Balaban J connectivity index is 3.38. The van der Waals surface area contributed by atoms with Crippen LogP contribution in [-0.2, 0) is 4.74 Å². The lowest BCUT2D eigenvalue weighted by molar-refractivity contribution is -0.384. The van der Waals surface area contributed by atoms with Crippen molar-refractivity contribution >= 4 is 28.5 Å². The van der Waals surface area contributed by atoms with Crippen LogP contribution in [0, 0.1) is 10.1 Å². The van der Waals surface area contributed by atoms with Gasteiger partial charge >= 0.3 is 5.97 Å². The molecule has 0 saturated heterocycles. The van der Waals surface area contributed by atoms with Gasteiger partial charge in [0, 0.05) is 17.7 Å². The summed E-state index contributed by atoms with van der Waals surface area (Å²) < 4.78 is 4.39. The number of nitrogens with zero attached hydrogens (tertiary/aromatic N) is 1. The van der Waals surface area contributed by atoms with Crippen molar-refractivity contribution in [2.24, 2.45) is 0 Å². The molecule has 0 aliphatic carbocycles. The Bertz CT molecular complexity index is 471. The topological polar surface area (TPSA) is 86.5 Å². The molecule has 1 aromatic rings. The molecule has 16 heavy (non-hydrogen) atoms. The molecule has 6 nitrogen and oxygen atoms in total. The molecule has 0 radical (unpaired) electrons. The summed E-state index contributed by atoms with van der Waals surface area (Å²) >= 11 is 5.22. The summed E-state index contributed by atoms with van der Waals surface area (Å²) in [6.45, 7) is 0. The molecule has 0 unspecified atom stereocenters. The van der Waals surface area contributed by atoms with Gasteiger partial charge in [-0.2, -0.15) is 0 Å². The second kappa shape index (κ2) is 4.71. The first-order valence-corrected chi connectivity index (χ1v) is 4.41. The summed E-state index contributed by atoms with van der Waals surface area (Å²) in [5, 5.41) is 9.60. The number of hydrogen-bond donors (Lipinski definition) is 0. The quantitative estimate of drug-likeness (QED) is 0.349. The van der Waals surface area contributed by atoms with E-state index in [9.17, 15) is 19.7 Å². The number of hydrogen-bond acceptors (Lipinski definition) is 5. The van der Waals surface area contributed by atoms with E-state index in [2.05, 4.69) is 4.74 Å². The Morgan fingerprint density at radius 1 is 1.38 bits per heavy atom. The number of rotatable bonds is 3. The molecule has 0 spiro atoms. The SMILES string of the molecule is COC(=O)c1cc([N+](=O)[O-])ccc1C(=O)Cl. The Kier molecular flexibility index (Phi) is 3.57. The van der Waals surface area contributed by atoms with Crippen molar-refractivity contribution in [2.75, 3.05) is 7.11 Å². The second-order valence-electron chi connectivity index (χ2n) is 2.75. The predicted molar refractivity (Wildman–Crippen MR) is 54.6 cm³/mol. The highest BCUT2D eigenvalue weighted by atomic mass is 35.5. The van der Waals surface area contributed by atoms with E-state index in [1.807, 2.05) is 0 Å². The van der Waals surface area contributed by atoms with Gasteiger partial charge in [-0.25, -0.2) is 4.79 Å². The molecule has 0 aliphatic rings. The van der Waals surface area contributed by atoms with Crippen LogP contribution in [0.3, 0.4) is 0 Å². The zero-order valence-corrected chi connectivity index (χ0v) is 8.85. The number of non-ortho nitro benzene ring substituents is 1. The highest BCUT2D eigenvalue weighted by Gasteiger charge is 2.20. The summed E-state index contributed by atoms with van der Waals surface area (Å²) in [6.07, 6.45) is 0. The third-order valence-electron chi connectivity index (χ3n) is 1.83. The van der Waals surface area contributed by atoms with Gasteiger partial charge in [-0.1, -0.05) is 0 Å². The largest absolute Gasteiger partial charge is 0.465 e. The normalized spacial score (nSPS) is 9.62. The molecule has 0 N–H and O–H groups in total. The van der Waals surface area contributed by atoms with Crippen molar-refractivity contribution in [3.05, 3.63) is 39.4 Å². The first-order chi connectivity index (χ1) is 7.47. The number of nitro groups is 1. The van der Waals surface area contributed by atoms with Crippen LogP contribution in [0.4, 0.5) is 5.69 Å². The molecule has 1 rings (SSSR count). The summed E-state index contributed by atoms with van der Waals surface area (Å²) in [5.74, 6) is -0.854. The number of methoxy groups -OCH3 is 1. The van der Waals surface area contributed by atoms with E-state index < -0.39 is 16.1 Å². The fraction of sp³-hybridized carbons (Fsp3) is 0.111. The van der Waals surface area contributed by atoms with Crippen molar-refractivity contribution in [3.8, 4) is 0 Å². The molecule has 84 valence electrons. The average Bonchev–Trinajstić information content (AvgIpc) is 2.26. The Morgan fingerprint density at radius 2 is 2.00 bits per heavy atom. The molecule has 7 heteroatoms. The fourth-order valence-electron chi connectivity index (χ4n) is 1.10. The average molecular weight is 244 g/mol. The first kappa shape index (κ1) is 12.1. The van der Waals surface area contributed by atoms with Gasteiger partial charge in [-0.3, -0.25) is 14.9 Å². The summed E-state index contributed by atoms with van der Waals surface area (Å²) in [7, 11) is 1.10. The lowest BCUT2D eigenvalue weighted by atomic mass is 10.1. The molecular weight excluding hydrogens is 238 g/mol. The van der Waals surface area contributed by atoms with E-state index >= 15 is 0 Å². The van der Waals surface area contributed by atoms with Crippen molar-refractivity contribution in [2.45, 2.75) is 0 Å². The van der Waals surface area contributed by atoms with E-state index in [0.29, 0.717) is 0 Å². The maximum absolute atomic E-state index is 11.3. The van der Waals surface area contributed by atoms with Crippen molar-refractivity contribution in [1.82, 2.24) is 0 Å². The van der Waals surface area contributed by atoms with Crippen LogP contribution in [-0.4, -0.2) is 23.2 Å². The Hall–Kier alpha value is -1.95. The van der Waals surface area contributed by atoms with Gasteiger partial charge in [0.25, 0.3) is 10.9 Å². The van der Waals surface area contributed by atoms with Gasteiger partial charge in [0.2, 0.25) is 0 Å². The summed E-state index contributed by atoms with van der Waals surface area (Å²) in [5.41, 5.74) is -0.669. The highest BCUT2D eigenvalue weighted by Crippen LogP contribution is 2.20. The number of carbonyl (C=O) groups is 2. The van der Waals surface area contributed by atoms with Crippen LogP contribution < -0.4 is 0 Å². The van der Waals surface area contributed by atoms with E-state index in [4.69, 9.17) is 11.6 Å². The van der Waals surface area contributed by atoms with Crippen molar-refractivity contribution in [1.29, 1.82) is 0 Å². The molecule has 0 bridgehead atoms. The zero-order chi connectivity index (χ0) is 12.3. The lowest BCUT2D eigenvalue weighted by Gasteiger charge is -2.03. The first-order valence-electron chi connectivity index (χ1n) is 4.04. The standard InChI is InChI=1S/C9H6ClNO5/c1-16-9(13)7-4-5(11(14)15)2-3-6(7)8(10)12/h2-4H,1H3. The molecular formula is C9H6ClNO5. The number of ether oxygens (including phenoxy) is 1. The summed E-state index contributed by atoms with van der Waals surface area (Å²) in [6, 6.07) is 3.14. The number of esters is 1. The molecule has 0 saturated carbocycles. The second-order valence-corrected chi connectivity index (χ2v) is 3.10. The molecule has 0 aliphatic heterocycles. The predicted octanol–water partition coefficient (Wildman–Crippen LogP) is 1.76.